The van der Waals surface area contributed by atoms with E-state index in [9.17, 15) is 9.59 Å². The predicted molar refractivity (Wildman–Crippen MR) is 73.2 cm³/mol. The van der Waals surface area contributed by atoms with Crippen LogP contribution in [0, 0.1) is 0 Å². The van der Waals surface area contributed by atoms with Gasteiger partial charge in [0.1, 0.15) is 0 Å². The summed E-state index contributed by atoms with van der Waals surface area (Å²) in [5.74, 6) is -0.797. The molecule has 0 unspecified atom stereocenters. The van der Waals surface area contributed by atoms with Gasteiger partial charge in [-0.15, -0.1) is 0 Å². The van der Waals surface area contributed by atoms with Crippen molar-refractivity contribution in [2.45, 2.75) is 30.7 Å². The Morgan fingerprint density at radius 1 is 1.47 bits per heavy atom. The van der Waals surface area contributed by atoms with Gasteiger partial charge in [0.15, 0.2) is 10.9 Å². The van der Waals surface area contributed by atoms with E-state index < -0.39 is 22.9 Å². The number of esters is 2. The zero-order valence-corrected chi connectivity index (χ0v) is 12.2. The van der Waals surface area contributed by atoms with Crippen molar-refractivity contribution in [2.75, 3.05) is 6.61 Å². The molecule has 0 N–H and O–H groups in total. The van der Waals surface area contributed by atoms with Crippen molar-refractivity contribution in [3.63, 3.8) is 0 Å². The lowest BCUT2D eigenvalue weighted by atomic mass is 10.0. The Kier molecular flexibility index (Phi) is 4.58. The lowest BCUT2D eigenvalue weighted by molar-refractivity contribution is -0.144. The van der Waals surface area contributed by atoms with Crippen LogP contribution in [-0.4, -0.2) is 23.4 Å². The minimum atomic E-state index is -0.669. The first-order valence-corrected chi connectivity index (χ1v) is 7.17. The van der Waals surface area contributed by atoms with E-state index in [4.69, 9.17) is 9.47 Å². The number of carbonyl (C=O) groups is 2. The van der Waals surface area contributed by atoms with Gasteiger partial charge in [-0.1, -0.05) is 47.5 Å². The van der Waals surface area contributed by atoms with Gasteiger partial charge in [0, 0.05) is 5.56 Å². The number of halogens is 1. The average molecular weight is 327 g/mol. The molecule has 0 bridgehead atoms. The van der Waals surface area contributed by atoms with E-state index in [1.165, 1.54) is 0 Å². The first-order chi connectivity index (χ1) is 9.15. The molecule has 2 atom stereocenters. The van der Waals surface area contributed by atoms with Crippen LogP contribution >= 0.6 is 15.9 Å². The van der Waals surface area contributed by atoms with Crippen LogP contribution < -0.4 is 0 Å². The molecule has 0 saturated carbocycles. The normalized spacial score (nSPS) is 18.6. The fraction of sp³-hybridized carbons (Fsp3) is 0.429. The maximum atomic E-state index is 11.9. The molecule has 0 amide bonds. The second-order valence-electron chi connectivity index (χ2n) is 4.34. The summed E-state index contributed by atoms with van der Waals surface area (Å²) in [6.07, 6.45) is 1.17. The Balaban J connectivity index is 2.07. The minimum absolute atomic E-state index is 0.389. The Hall–Kier alpha value is -1.36. The molecular weight excluding hydrogens is 312 g/mol. The number of cyclic esters (lactones) is 1. The highest BCUT2D eigenvalue weighted by Crippen LogP contribution is 2.36. The molecule has 1 aromatic carbocycles. The van der Waals surface area contributed by atoms with Crippen LogP contribution in [0.4, 0.5) is 0 Å². The van der Waals surface area contributed by atoms with Gasteiger partial charge < -0.3 is 9.47 Å². The molecule has 0 fully saturated rings. The molecule has 2 rings (SSSR count). The standard InChI is InChI=1S/C14H15BrO4/c1-2-3-8-18-14(17)11(15)12-9-6-4-5-7-10(9)13(16)19-12/h4-7,11-12H,2-3,8H2,1H3/t11-,12-/m1/s1. The van der Waals surface area contributed by atoms with E-state index in [1.807, 2.05) is 13.0 Å². The third-order valence-corrected chi connectivity index (χ3v) is 3.81. The summed E-state index contributed by atoms with van der Waals surface area (Å²) in [6.45, 7) is 2.41. The van der Waals surface area contributed by atoms with Crippen molar-refractivity contribution >= 4 is 27.9 Å². The monoisotopic (exact) mass is 326 g/mol. The van der Waals surface area contributed by atoms with Crippen LogP contribution in [0.3, 0.4) is 0 Å². The van der Waals surface area contributed by atoms with Gasteiger partial charge in [0.25, 0.3) is 0 Å². The molecule has 19 heavy (non-hydrogen) atoms. The van der Waals surface area contributed by atoms with Crippen molar-refractivity contribution in [1.29, 1.82) is 0 Å². The molecule has 1 aliphatic rings. The fourth-order valence-corrected chi connectivity index (χ4v) is 2.44. The summed E-state index contributed by atoms with van der Waals surface area (Å²) >= 11 is 3.27. The zero-order valence-electron chi connectivity index (χ0n) is 10.6. The van der Waals surface area contributed by atoms with Crippen LogP contribution in [0.25, 0.3) is 0 Å². The number of alkyl halides is 1. The van der Waals surface area contributed by atoms with E-state index in [2.05, 4.69) is 15.9 Å². The molecule has 1 aromatic rings. The molecule has 102 valence electrons. The number of fused-ring (bicyclic) bond motifs is 1. The van der Waals surface area contributed by atoms with E-state index in [1.54, 1.807) is 18.2 Å². The van der Waals surface area contributed by atoms with Crippen LogP contribution in [-0.2, 0) is 14.3 Å². The number of rotatable bonds is 5. The third-order valence-electron chi connectivity index (χ3n) is 2.95. The Morgan fingerprint density at radius 2 is 2.21 bits per heavy atom. The number of hydrogen-bond acceptors (Lipinski definition) is 4. The lowest BCUT2D eigenvalue weighted by Crippen LogP contribution is -2.25. The van der Waals surface area contributed by atoms with Crippen LogP contribution in [0.1, 0.15) is 41.8 Å². The maximum Gasteiger partial charge on any atom is 0.339 e. The first-order valence-electron chi connectivity index (χ1n) is 6.25. The van der Waals surface area contributed by atoms with Crippen LogP contribution in [0.2, 0.25) is 0 Å². The fourth-order valence-electron chi connectivity index (χ4n) is 1.91. The summed E-state index contributed by atoms with van der Waals surface area (Å²) in [5.41, 5.74) is 1.24. The van der Waals surface area contributed by atoms with Crippen LogP contribution in [0.5, 0.6) is 0 Å². The summed E-state index contributed by atoms with van der Waals surface area (Å²) in [7, 11) is 0. The first kappa shape index (κ1) is 14.1. The number of hydrogen-bond donors (Lipinski definition) is 0. The van der Waals surface area contributed by atoms with Crippen molar-refractivity contribution in [3.05, 3.63) is 35.4 Å². The zero-order chi connectivity index (χ0) is 13.8. The summed E-state index contributed by atoms with van der Waals surface area (Å²) in [5, 5.41) is 0. The maximum absolute atomic E-state index is 11.9. The smallest absolute Gasteiger partial charge is 0.339 e. The van der Waals surface area contributed by atoms with Crippen molar-refractivity contribution < 1.29 is 19.1 Å². The topological polar surface area (TPSA) is 52.6 Å². The molecular formula is C14H15BrO4. The number of ether oxygens (including phenoxy) is 2. The van der Waals surface area contributed by atoms with Gasteiger partial charge in [-0.2, -0.15) is 0 Å². The quantitative estimate of drug-likeness (QED) is 0.474. The van der Waals surface area contributed by atoms with Crippen LogP contribution in [0.15, 0.2) is 24.3 Å². The van der Waals surface area contributed by atoms with Gasteiger partial charge in [-0.05, 0) is 12.5 Å². The van der Waals surface area contributed by atoms with E-state index in [-0.39, 0.29) is 0 Å². The van der Waals surface area contributed by atoms with E-state index in [0.29, 0.717) is 12.2 Å². The molecule has 0 aliphatic carbocycles. The highest BCUT2D eigenvalue weighted by Gasteiger charge is 2.39. The molecule has 0 aromatic heterocycles. The predicted octanol–water partition coefficient (Wildman–Crippen LogP) is 3.00. The highest BCUT2D eigenvalue weighted by molar-refractivity contribution is 9.10. The lowest BCUT2D eigenvalue weighted by Gasteiger charge is -2.16. The number of unbranched alkanes of at least 4 members (excludes halogenated alkanes) is 1. The average Bonchev–Trinajstić information content (AvgIpc) is 2.76. The highest BCUT2D eigenvalue weighted by atomic mass is 79.9. The van der Waals surface area contributed by atoms with Gasteiger partial charge in [-0.3, -0.25) is 4.79 Å². The minimum Gasteiger partial charge on any atom is -0.465 e. The molecule has 1 heterocycles. The SMILES string of the molecule is CCCCOC(=O)[C@H](Br)[C@@H]1OC(=O)c2ccccc21. The molecule has 4 nitrogen and oxygen atoms in total. The van der Waals surface area contributed by atoms with Crippen molar-refractivity contribution in [2.24, 2.45) is 0 Å². The van der Waals surface area contributed by atoms with Gasteiger partial charge in [0.2, 0.25) is 0 Å². The molecule has 0 spiro atoms. The van der Waals surface area contributed by atoms with E-state index >= 15 is 0 Å². The number of benzene rings is 1. The second-order valence-corrected chi connectivity index (χ2v) is 5.32. The third kappa shape index (κ3) is 2.97. The Labute approximate surface area is 120 Å². The second kappa shape index (κ2) is 6.19. The Bertz CT molecular complexity index is 486. The molecule has 5 heteroatoms. The van der Waals surface area contributed by atoms with Gasteiger partial charge >= 0.3 is 11.9 Å². The Morgan fingerprint density at radius 3 is 2.95 bits per heavy atom. The van der Waals surface area contributed by atoms with Crippen molar-refractivity contribution in [1.82, 2.24) is 0 Å². The summed E-state index contributed by atoms with van der Waals surface area (Å²) in [6, 6.07) is 7.07. The van der Waals surface area contributed by atoms with Gasteiger partial charge in [0.05, 0.1) is 12.2 Å². The molecule has 1 aliphatic heterocycles. The largest absolute Gasteiger partial charge is 0.465 e. The van der Waals surface area contributed by atoms with E-state index in [0.717, 1.165) is 18.4 Å². The summed E-state index contributed by atoms with van der Waals surface area (Å²) in [4.78, 5) is 22.9. The molecule has 0 radical (unpaired) electrons. The van der Waals surface area contributed by atoms with Gasteiger partial charge in [-0.25, -0.2) is 4.79 Å². The van der Waals surface area contributed by atoms with Crippen molar-refractivity contribution in [3.8, 4) is 0 Å². The number of carbonyl (C=O) groups excluding carboxylic acids is 2. The molecule has 0 saturated heterocycles. The summed E-state index contributed by atoms with van der Waals surface area (Å²) < 4.78 is 10.4.